The molecule has 5 nitrogen and oxygen atoms in total. The Kier molecular flexibility index (Phi) is 3.85. The average molecular weight is 280 g/mol. The Hall–Kier alpha value is -1.88. The van der Waals surface area contributed by atoms with E-state index in [0.29, 0.717) is 29.3 Å². The molecule has 0 bridgehead atoms. The first kappa shape index (κ1) is 13.5. The largest absolute Gasteiger partial charge is 0.320 e. The highest BCUT2D eigenvalue weighted by atomic mass is 35.5. The van der Waals surface area contributed by atoms with Gasteiger partial charge in [-0.2, -0.15) is 5.10 Å². The van der Waals surface area contributed by atoms with Crippen molar-refractivity contribution in [3.05, 3.63) is 28.8 Å². The van der Waals surface area contributed by atoms with Crippen LogP contribution < -0.4 is 5.32 Å². The summed E-state index contributed by atoms with van der Waals surface area (Å²) in [5, 5.41) is 8.33. The highest BCUT2D eigenvalue weighted by molar-refractivity contribution is 6.44. The minimum atomic E-state index is -0.329. The fourth-order valence-corrected chi connectivity index (χ4v) is 2.03. The quantitative estimate of drug-likeness (QED) is 0.902. The first-order valence-electron chi connectivity index (χ1n) is 5.89. The summed E-state index contributed by atoms with van der Waals surface area (Å²) in [5.41, 5.74) is 1.89. The number of rotatable bonds is 2. The van der Waals surface area contributed by atoms with Gasteiger partial charge in [-0.1, -0.05) is 17.7 Å². The molecular formula is C13H14ClN3O2. The number of amides is 2. The van der Waals surface area contributed by atoms with E-state index in [2.05, 4.69) is 10.4 Å². The normalized spacial score (nSPS) is 15.2. The summed E-state index contributed by atoms with van der Waals surface area (Å²) in [5.74, 6) is -0.421. The zero-order chi connectivity index (χ0) is 14.0. The molecule has 1 aliphatic rings. The molecule has 0 aliphatic carbocycles. The summed E-state index contributed by atoms with van der Waals surface area (Å²) >= 11 is 6.05. The van der Waals surface area contributed by atoms with Crippen LogP contribution in [0.3, 0.4) is 0 Å². The molecule has 0 fully saturated rings. The van der Waals surface area contributed by atoms with Gasteiger partial charge >= 0.3 is 0 Å². The van der Waals surface area contributed by atoms with Crippen LogP contribution in [-0.4, -0.2) is 29.6 Å². The van der Waals surface area contributed by atoms with Gasteiger partial charge in [0.1, 0.15) is 5.71 Å². The van der Waals surface area contributed by atoms with E-state index in [0.717, 1.165) is 5.56 Å². The van der Waals surface area contributed by atoms with Gasteiger partial charge < -0.3 is 5.32 Å². The first-order valence-corrected chi connectivity index (χ1v) is 6.26. The van der Waals surface area contributed by atoms with Crippen molar-refractivity contribution in [1.29, 1.82) is 0 Å². The SMILES string of the molecule is Cc1ccc(NC(=O)C2=NN(C)C(=O)CC2)c(Cl)c1. The maximum atomic E-state index is 12.0. The predicted molar refractivity (Wildman–Crippen MR) is 74.3 cm³/mol. The van der Waals surface area contributed by atoms with Gasteiger partial charge in [-0.3, -0.25) is 9.59 Å². The lowest BCUT2D eigenvalue weighted by Gasteiger charge is -2.19. The molecule has 100 valence electrons. The monoisotopic (exact) mass is 279 g/mol. The molecule has 0 saturated heterocycles. The zero-order valence-corrected chi connectivity index (χ0v) is 11.5. The van der Waals surface area contributed by atoms with Crippen LogP contribution in [-0.2, 0) is 9.59 Å². The number of nitrogens with zero attached hydrogens (tertiary/aromatic N) is 2. The third-order valence-electron chi connectivity index (χ3n) is 2.84. The van der Waals surface area contributed by atoms with Gasteiger partial charge in [0.25, 0.3) is 5.91 Å². The maximum absolute atomic E-state index is 12.0. The second kappa shape index (κ2) is 5.40. The van der Waals surface area contributed by atoms with Crippen LogP contribution in [0.25, 0.3) is 0 Å². The number of benzene rings is 1. The first-order chi connectivity index (χ1) is 8.97. The van der Waals surface area contributed by atoms with Crippen LogP contribution in [0.15, 0.2) is 23.3 Å². The lowest BCUT2D eigenvalue weighted by atomic mass is 10.1. The fourth-order valence-electron chi connectivity index (χ4n) is 1.75. The minimum Gasteiger partial charge on any atom is -0.320 e. The minimum absolute atomic E-state index is 0.0927. The van der Waals surface area contributed by atoms with Gasteiger partial charge in [0.2, 0.25) is 5.91 Å². The van der Waals surface area contributed by atoms with E-state index in [1.54, 1.807) is 12.1 Å². The Morgan fingerprint density at radius 3 is 2.79 bits per heavy atom. The highest BCUT2D eigenvalue weighted by Gasteiger charge is 2.22. The topological polar surface area (TPSA) is 61.8 Å². The summed E-state index contributed by atoms with van der Waals surface area (Å²) in [6, 6.07) is 5.38. The Morgan fingerprint density at radius 2 is 2.16 bits per heavy atom. The number of hydrazone groups is 1. The number of carbonyl (C=O) groups excluding carboxylic acids is 2. The molecule has 0 atom stereocenters. The van der Waals surface area contributed by atoms with Crippen molar-refractivity contribution in [3.63, 3.8) is 0 Å². The molecule has 1 aromatic carbocycles. The third-order valence-corrected chi connectivity index (χ3v) is 3.15. The van der Waals surface area contributed by atoms with Gasteiger partial charge in [-0.15, -0.1) is 0 Å². The molecule has 1 heterocycles. The number of carbonyl (C=O) groups is 2. The molecule has 0 spiro atoms. The lowest BCUT2D eigenvalue weighted by molar-refractivity contribution is -0.130. The van der Waals surface area contributed by atoms with E-state index >= 15 is 0 Å². The molecule has 0 saturated carbocycles. The zero-order valence-electron chi connectivity index (χ0n) is 10.7. The van der Waals surface area contributed by atoms with Gasteiger partial charge in [0.05, 0.1) is 10.7 Å². The van der Waals surface area contributed by atoms with Crippen LogP contribution in [0, 0.1) is 6.92 Å². The van der Waals surface area contributed by atoms with Gasteiger partial charge in [0.15, 0.2) is 0 Å². The molecule has 1 N–H and O–H groups in total. The number of halogens is 1. The van der Waals surface area contributed by atoms with Crippen molar-refractivity contribution in [2.24, 2.45) is 5.10 Å². The van der Waals surface area contributed by atoms with Crippen LogP contribution in [0.4, 0.5) is 5.69 Å². The molecule has 2 rings (SSSR count). The molecule has 0 aromatic heterocycles. The second-order valence-electron chi connectivity index (χ2n) is 4.40. The van der Waals surface area contributed by atoms with Gasteiger partial charge in [-0.25, -0.2) is 5.01 Å². The molecule has 1 aromatic rings. The van der Waals surface area contributed by atoms with E-state index in [9.17, 15) is 9.59 Å². The fraction of sp³-hybridized carbons (Fsp3) is 0.308. The lowest BCUT2D eigenvalue weighted by Crippen LogP contribution is -2.34. The van der Waals surface area contributed by atoms with Crippen molar-refractivity contribution in [2.45, 2.75) is 19.8 Å². The van der Waals surface area contributed by atoms with E-state index in [4.69, 9.17) is 11.6 Å². The van der Waals surface area contributed by atoms with E-state index in [1.807, 2.05) is 13.0 Å². The standard InChI is InChI=1S/C13H14ClN3O2/c1-8-3-4-10(9(14)7-8)15-13(19)11-5-6-12(18)17(2)16-11/h3-4,7H,5-6H2,1-2H3,(H,15,19). The van der Waals surface area contributed by atoms with Crippen LogP contribution >= 0.6 is 11.6 Å². The Morgan fingerprint density at radius 1 is 1.42 bits per heavy atom. The summed E-state index contributed by atoms with van der Waals surface area (Å²) in [6.45, 7) is 1.92. The Labute approximate surface area is 116 Å². The predicted octanol–water partition coefficient (Wildman–Crippen LogP) is 2.20. The summed E-state index contributed by atoms with van der Waals surface area (Å²) < 4.78 is 0. The summed E-state index contributed by atoms with van der Waals surface area (Å²) in [4.78, 5) is 23.3. The Bertz CT molecular complexity index is 569. The van der Waals surface area contributed by atoms with Gasteiger partial charge in [0, 0.05) is 19.9 Å². The molecule has 0 radical (unpaired) electrons. The van der Waals surface area contributed by atoms with Gasteiger partial charge in [-0.05, 0) is 24.6 Å². The molecule has 0 unspecified atom stereocenters. The van der Waals surface area contributed by atoms with E-state index in [-0.39, 0.29) is 11.8 Å². The van der Waals surface area contributed by atoms with Crippen molar-refractivity contribution < 1.29 is 9.59 Å². The maximum Gasteiger partial charge on any atom is 0.271 e. The Balaban J connectivity index is 2.13. The average Bonchev–Trinajstić information content (AvgIpc) is 2.36. The van der Waals surface area contributed by atoms with Crippen molar-refractivity contribution >= 4 is 34.8 Å². The molecule has 6 heteroatoms. The summed E-state index contributed by atoms with van der Waals surface area (Å²) in [6.07, 6.45) is 0.642. The molecular weight excluding hydrogens is 266 g/mol. The van der Waals surface area contributed by atoms with Crippen LogP contribution in [0.2, 0.25) is 5.02 Å². The number of hydrogen-bond acceptors (Lipinski definition) is 3. The summed E-state index contributed by atoms with van der Waals surface area (Å²) in [7, 11) is 1.54. The molecule has 1 aliphatic heterocycles. The van der Waals surface area contributed by atoms with Crippen molar-refractivity contribution in [2.75, 3.05) is 12.4 Å². The number of aryl methyl sites for hydroxylation is 1. The van der Waals surface area contributed by atoms with E-state index in [1.165, 1.54) is 12.1 Å². The number of anilines is 1. The van der Waals surface area contributed by atoms with Crippen LogP contribution in [0.5, 0.6) is 0 Å². The van der Waals surface area contributed by atoms with Crippen molar-refractivity contribution in [1.82, 2.24) is 5.01 Å². The number of hydrogen-bond donors (Lipinski definition) is 1. The van der Waals surface area contributed by atoms with Crippen molar-refractivity contribution in [3.8, 4) is 0 Å². The molecule has 19 heavy (non-hydrogen) atoms. The second-order valence-corrected chi connectivity index (χ2v) is 4.81. The number of nitrogens with one attached hydrogen (secondary N) is 1. The van der Waals surface area contributed by atoms with Crippen LogP contribution in [0.1, 0.15) is 18.4 Å². The highest BCUT2D eigenvalue weighted by Crippen LogP contribution is 2.23. The smallest absolute Gasteiger partial charge is 0.271 e. The van der Waals surface area contributed by atoms with E-state index < -0.39 is 0 Å². The molecule has 2 amide bonds. The third kappa shape index (κ3) is 3.12.